The van der Waals surface area contributed by atoms with Crippen molar-refractivity contribution >= 4 is 0 Å². The average Bonchev–Trinajstić information content (AvgIpc) is 2.43. The first kappa shape index (κ1) is 16.5. The Labute approximate surface area is 129 Å². The average molecular weight is 290 g/mol. The Morgan fingerprint density at radius 1 is 1.33 bits per heavy atom. The number of hydrogen-bond acceptors (Lipinski definition) is 3. The molecule has 2 rings (SSSR count). The minimum atomic E-state index is -0.0995. The van der Waals surface area contributed by atoms with Gasteiger partial charge >= 0.3 is 0 Å². The van der Waals surface area contributed by atoms with Gasteiger partial charge in [0.05, 0.1) is 11.7 Å². The topological polar surface area (TPSA) is 38.5 Å². The van der Waals surface area contributed by atoms with E-state index in [1.807, 2.05) is 0 Å². The molecule has 0 aliphatic carbocycles. The number of rotatable bonds is 4. The van der Waals surface area contributed by atoms with Crippen LogP contribution in [0.2, 0.25) is 0 Å². The van der Waals surface area contributed by atoms with Crippen LogP contribution in [0.3, 0.4) is 0 Å². The summed E-state index contributed by atoms with van der Waals surface area (Å²) in [6, 6.07) is 9.08. The Kier molecular flexibility index (Phi) is 5.07. The molecule has 1 aromatic rings. The van der Waals surface area contributed by atoms with Crippen LogP contribution in [0.1, 0.15) is 51.8 Å². The Morgan fingerprint density at radius 2 is 1.95 bits per heavy atom. The number of ether oxygens (including phenoxy) is 1. The second kappa shape index (κ2) is 6.47. The van der Waals surface area contributed by atoms with Crippen LogP contribution in [0.15, 0.2) is 24.3 Å². The lowest BCUT2D eigenvalue weighted by Crippen LogP contribution is -2.56. The van der Waals surface area contributed by atoms with E-state index in [4.69, 9.17) is 10.5 Å². The van der Waals surface area contributed by atoms with Gasteiger partial charge < -0.3 is 10.5 Å². The number of hydrogen-bond donors (Lipinski definition) is 1. The summed E-state index contributed by atoms with van der Waals surface area (Å²) in [6.45, 7) is 12.7. The zero-order valence-electron chi connectivity index (χ0n) is 14.1. The van der Waals surface area contributed by atoms with Crippen molar-refractivity contribution < 1.29 is 4.74 Å². The molecule has 1 saturated heterocycles. The van der Waals surface area contributed by atoms with Gasteiger partial charge in [-0.3, -0.25) is 4.90 Å². The highest BCUT2D eigenvalue weighted by Gasteiger charge is 2.35. The summed E-state index contributed by atoms with van der Waals surface area (Å²) in [5.74, 6) is 0. The number of benzene rings is 1. The summed E-state index contributed by atoms with van der Waals surface area (Å²) < 4.78 is 5.99. The first-order valence-electron chi connectivity index (χ1n) is 8.08. The fraction of sp³-hybridized carbons (Fsp3) is 0.667. The van der Waals surface area contributed by atoms with Crippen molar-refractivity contribution in [2.75, 3.05) is 13.1 Å². The molecule has 0 spiro atoms. The van der Waals surface area contributed by atoms with E-state index in [-0.39, 0.29) is 17.7 Å². The number of nitrogens with zero attached hydrogens (tertiary/aromatic N) is 1. The molecular formula is C18H30N2O. The van der Waals surface area contributed by atoms with Gasteiger partial charge in [-0.15, -0.1) is 0 Å². The quantitative estimate of drug-likeness (QED) is 0.926. The van der Waals surface area contributed by atoms with Crippen LogP contribution in [-0.2, 0) is 11.2 Å². The van der Waals surface area contributed by atoms with Crippen molar-refractivity contribution in [2.24, 2.45) is 5.73 Å². The molecule has 3 nitrogen and oxygen atoms in total. The van der Waals surface area contributed by atoms with E-state index in [1.54, 1.807) is 0 Å². The molecule has 1 fully saturated rings. The van der Waals surface area contributed by atoms with Gasteiger partial charge in [0, 0.05) is 25.2 Å². The molecule has 1 aliphatic heterocycles. The van der Waals surface area contributed by atoms with E-state index in [1.165, 1.54) is 11.1 Å². The Morgan fingerprint density at radius 3 is 2.48 bits per heavy atom. The fourth-order valence-corrected chi connectivity index (χ4v) is 3.29. The van der Waals surface area contributed by atoms with Gasteiger partial charge in [0.15, 0.2) is 0 Å². The van der Waals surface area contributed by atoms with Gasteiger partial charge in [0.2, 0.25) is 0 Å². The molecule has 1 aromatic carbocycles. The molecule has 0 saturated carbocycles. The van der Waals surface area contributed by atoms with Crippen LogP contribution >= 0.6 is 0 Å². The molecule has 0 bridgehead atoms. The number of aryl methyl sites for hydroxylation is 1. The van der Waals surface area contributed by atoms with Gasteiger partial charge in [-0.2, -0.15) is 0 Å². The third-order valence-electron chi connectivity index (χ3n) is 4.46. The highest BCUT2D eigenvalue weighted by atomic mass is 16.5. The third-order valence-corrected chi connectivity index (χ3v) is 4.46. The van der Waals surface area contributed by atoms with Crippen molar-refractivity contribution in [3.05, 3.63) is 35.4 Å². The zero-order chi connectivity index (χ0) is 15.6. The molecule has 118 valence electrons. The van der Waals surface area contributed by atoms with E-state index >= 15 is 0 Å². The van der Waals surface area contributed by atoms with Crippen LogP contribution in [0.5, 0.6) is 0 Å². The minimum absolute atomic E-state index is 0.0389. The Balaban J connectivity index is 2.08. The van der Waals surface area contributed by atoms with Gasteiger partial charge in [-0.05, 0) is 45.2 Å². The molecule has 1 aliphatic rings. The van der Waals surface area contributed by atoms with Crippen LogP contribution in [0.25, 0.3) is 0 Å². The van der Waals surface area contributed by atoms with Crippen molar-refractivity contribution in [2.45, 2.75) is 64.8 Å². The third kappa shape index (κ3) is 4.06. The summed E-state index contributed by atoms with van der Waals surface area (Å²) >= 11 is 0. The van der Waals surface area contributed by atoms with Crippen molar-refractivity contribution in [3.63, 3.8) is 0 Å². The molecule has 3 unspecified atom stereocenters. The number of nitrogens with two attached hydrogens (primary N) is 1. The van der Waals surface area contributed by atoms with Gasteiger partial charge in [-0.1, -0.05) is 31.2 Å². The monoisotopic (exact) mass is 290 g/mol. The summed E-state index contributed by atoms with van der Waals surface area (Å²) in [4.78, 5) is 2.46. The van der Waals surface area contributed by atoms with E-state index in [0.717, 1.165) is 19.5 Å². The minimum Gasteiger partial charge on any atom is -0.370 e. The normalized spacial score (nSPS) is 25.5. The maximum absolute atomic E-state index is 6.51. The summed E-state index contributed by atoms with van der Waals surface area (Å²) in [6.07, 6.45) is 1.33. The van der Waals surface area contributed by atoms with Gasteiger partial charge in [0.1, 0.15) is 0 Å². The smallest absolute Gasteiger partial charge is 0.0757 e. The summed E-state index contributed by atoms with van der Waals surface area (Å²) in [5, 5.41) is 0. The predicted octanol–water partition coefficient (Wildman–Crippen LogP) is 3.14. The van der Waals surface area contributed by atoms with Crippen molar-refractivity contribution in [1.29, 1.82) is 0 Å². The van der Waals surface area contributed by atoms with E-state index in [2.05, 4.69) is 63.8 Å². The molecule has 3 heteroatoms. The van der Waals surface area contributed by atoms with Crippen LogP contribution < -0.4 is 5.73 Å². The van der Waals surface area contributed by atoms with Crippen LogP contribution in [-0.4, -0.2) is 35.7 Å². The standard InChI is InChI=1S/C18H30N2O/c1-6-15-7-9-16(10-8-15)17(19)14(3)20-11-13(2)21-18(4,5)12-20/h7-10,13-14,17H,6,11-12,19H2,1-5H3. The van der Waals surface area contributed by atoms with Gasteiger partial charge in [0.25, 0.3) is 0 Å². The fourth-order valence-electron chi connectivity index (χ4n) is 3.29. The summed E-state index contributed by atoms with van der Waals surface area (Å²) in [7, 11) is 0. The van der Waals surface area contributed by atoms with Crippen LogP contribution in [0, 0.1) is 0 Å². The van der Waals surface area contributed by atoms with E-state index < -0.39 is 0 Å². The molecule has 1 heterocycles. The maximum atomic E-state index is 6.51. The Bertz CT molecular complexity index is 455. The lowest BCUT2D eigenvalue weighted by atomic mass is 9.96. The van der Waals surface area contributed by atoms with Crippen molar-refractivity contribution in [3.8, 4) is 0 Å². The second-order valence-electron chi connectivity index (χ2n) is 6.98. The highest BCUT2D eigenvalue weighted by molar-refractivity contribution is 5.25. The molecule has 2 N–H and O–H groups in total. The molecule has 0 radical (unpaired) electrons. The SMILES string of the molecule is CCc1ccc(C(N)C(C)N2CC(C)OC(C)(C)C2)cc1. The van der Waals surface area contributed by atoms with E-state index in [9.17, 15) is 0 Å². The molecule has 3 atom stereocenters. The zero-order valence-corrected chi connectivity index (χ0v) is 14.1. The Hall–Kier alpha value is -0.900. The second-order valence-corrected chi connectivity index (χ2v) is 6.98. The maximum Gasteiger partial charge on any atom is 0.0757 e. The first-order chi connectivity index (χ1) is 9.82. The largest absolute Gasteiger partial charge is 0.370 e. The lowest BCUT2D eigenvalue weighted by molar-refractivity contribution is -0.138. The van der Waals surface area contributed by atoms with Crippen LogP contribution in [0.4, 0.5) is 0 Å². The highest BCUT2D eigenvalue weighted by Crippen LogP contribution is 2.26. The summed E-state index contributed by atoms with van der Waals surface area (Å²) in [5.41, 5.74) is 8.99. The van der Waals surface area contributed by atoms with Crippen molar-refractivity contribution in [1.82, 2.24) is 4.90 Å². The van der Waals surface area contributed by atoms with E-state index in [0.29, 0.717) is 6.04 Å². The predicted molar refractivity (Wildman–Crippen MR) is 88.4 cm³/mol. The number of morpholine rings is 1. The first-order valence-corrected chi connectivity index (χ1v) is 8.08. The molecule has 0 aromatic heterocycles. The lowest BCUT2D eigenvalue weighted by Gasteiger charge is -2.45. The molecule has 0 amide bonds. The van der Waals surface area contributed by atoms with Gasteiger partial charge in [-0.25, -0.2) is 0 Å². The molecule has 21 heavy (non-hydrogen) atoms. The molecular weight excluding hydrogens is 260 g/mol.